The molecule has 6 aromatic rings. The van der Waals surface area contributed by atoms with Crippen LogP contribution in [-0.2, 0) is 16.0 Å². The number of esters is 2. The van der Waals surface area contributed by atoms with Crippen molar-refractivity contribution in [2.75, 3.05) is 56.6 Å². The molecule has 2 aromatic heterocycles. The normalized spacial score (nSPS) is 13.3. The Morgan fingerprint density at radius 2 is 1.28 bits per heavy atom. The number of hydrogen-bond donors (Lipinski definition) is 1. The molecule has 0 unspecified atom stereocenters. The van der Waals surface area contributed by atoms with Crippen molar-refractivity contribution in [3.8, 4) is 33.6 Å². The molecular weight excluding hydrogens is 671 g/mol. The minimum atomic E-state index is -0.375. The van der Waals surface area contributed by atoms with Gasteiger partial charge in [0.15, 0.2) is 0 Å². The number of rotatable bonds is 11. The van der Waals surface area contributed by atoms with Gasteiger partial charge in [-0.25, -0.2) is 19.0 Å². The first-order valence-corrected chi connectivity index (χ1v) is 17.8. The number of carbonyl (C=O) groups excluding carboxylic acids is 2. The standard InChI is InChI=1S/C42H41FN6O4/c1-3-52-41(50)31-11-15-38(36(44)24-31)48-20-17-47(18-21-48)19-22-49-39-16-12-32(42(51)53-4-2)25-37(39)46-40(49)30-7-5-28(6-8-30)33-23-34(27-45-26-33)29-9-13-35(43)14-10-29/h5-16,23-27H,3-4,17-22,44H2,1-2H3. The number of imidazole rings is 1. The van der Waals surface area contributed by atoms with E-state index in [1.807, 2.05) is 24.4 Å². The summed E-state index contributed by atoms with van der Waals surface area (Å²) in [4.78, 5) is 38.9. The van der Waals surface area contributed by atoms with Crippen LogP contribution >= 0.6 is 0 Å². The highest BCUT2D eigenvalue weighted by molar-refractivity contribution is 5.94. The first kappa shape index (κ1) is 35.3. The number of nitrogens with two attached hydrogens (primary N) is 1. The van der Waals surface area contributed by atoms with Gasteiger partial charge < -0.3 is 24.7 Å². The van der Waals surface area contributed by atoms with Gasteiger partial charge in [-0.05, 0) is 79.6 Å². The summed E-state index contributed by atoms with van der Waals surface area (Å²) in [5, 5.41) is 0. The molecule has 11 heteroatoms. The van der Waals surface area contributed by atoms with Gasteiger partial charge in [0, 0.05) is 68.4 Å². The molecule has 0 spiro atoms. The molecule has 0 radical (unpaired) electrons. The number of pyridine rings is 1. The zero-order valence-electron chi connectivity index (χ0n) is 29.8. The van der Waals surface area contributed by atoms with Crippen LogP contribution in [0.2, 0.25) is 0 Å². The Hall–Kier alpha value is -6.07. The molecule has 4 aromatic carbocycles. The van der Waals surface area contributed by atoms with Crippen LogP contribution in [-0.4, -0.2) is 77.3 Å². The maximum Gasteiger partial charge on any atom is 0.338 e. The smallest absolute Gasteiger partial charge is 0.338 e. The average Bonchev–Trinajstić information content (AvgIpc) is 3.55. The fourth-order valence-corrected chi connectivity index (χ4v) is 6.77. The van der Waals surface area contributed by atoms with Gasteiger partial charge in [0.25, 0.3) is 0 Å². The van der Waals surface area contributed by atoms with Crippen LogP contribution in [0.4, 0.5) is 15.8 Å². The maximum atomic E-state index is 13.5. The van der Waals surface area contributed by atoms with E-state index in [0.29, 0.717) is 36.6 Å². The molecule has 0 bridgehead atoms. The number of nitrogen functional groups attached to an aromatic ring is 1. The van der Waals surface area contributed by atoms with Gasteiger partial charge in [0.05, 0.1) is 46.7 Å². The quantitative estimate of drug-likeness (QED) is 0.109. The third kappa shape index (κ3) is 7.75. The molecule has 0 atom stereocenters. The Morgan fingerprint density at radius 3 is 1.91 bits per heavy atom. The zero-order chi connectivity index (χ0) is 36.9. The number of nitrogens with zero attached hydrogens (tertiary/aromatic N) is 5. The molecule has 1 aliphatic rings. The van der Waals surface area contributed by atoms with Crippen molar-refractivity contribution < 1.29 is 23.5 Å². The number of benzene rings is 4. The predicted molar refractivity (Wildman–Crippen MR) is 205 cm³/mol. The minimum Gasteiger partial charge on any atom is -0.462 e. The number of halogens is 1. The van der Waals surface area contributed by atoms with Crippen LogP contribution in [0.3, 0.4) is 0 Å². The van der Waals surface area contributed by atoms with Gasteiger partial charge in [-0.15, -0.1) is 0 Å². The second-order valence-corrected chi connectivity index (χ2v) is 12.9. The number of fused-ring (bicyclic) bond motifs is 1. The van der Waals surface area contributed by atoms with Crippen molar-refractivity contribution in [1.82, 2.24) is 19.4 Å². The highest BCUT2D eigenvalue weighted by Gasteiger charge is 2.22. The number of anilines is 2. The second kappa shape index (κ2) is 15.7. The molecule has 0 amide bonds. The highest BCUT2D eigenvalue weighted by Crippen LogP contribution is 2.31. The number of piperazine rings is 1. The van der Waals surface area contributed by atoms with Crippen LogP contribution in [0.15, 0.2) is 103 Å². The van der Waals surface area contributed by atoms with Gasteiger partial charge in [-0.2, -0.15) is 0 Å². The third-order valence-electron chi connectivity index (χ3n) is 9.54. The summed E-state index contributed by atoms with van der Waals surface area (Å²) in [7, 11) is 0. The first-order chi connectivity index (χ1) is 25.8. The van der Waals surface area contributed by atoms with E-state index in [0.717, 1.165) is 83.1 Å². The Bertz CT molecular complexity index is 2250. The van der Waals surface area contributed by atoms with Crippen molar-refractivity contribution in [1.29, 1.82) is 0 Å². The Kier molecular flexibility index (Phi) is 10.4. The largest absolute Gasteiger partial charge is 0.462 e. The highest BCUT2D eigenvalue weighted by atomic mass is 19.1. The zero-order valence-corrected chi connectivity index (χ0v) is 29.8. The van der Waals surface area contributed by atoms with E-state index in [1.54, 1.807) is 56.4 Å². The molecule has 0 saturated carbocycles. The number of ether oxygens (including phenoxy) is 2. The number of carbonyl (C=O) groups is 2. The van der Waals surface area contributed by atoms with Gasteiger partial charge in [-0.3, -0.25) is 9.88 Å². The molecule has 2 N–H and O–H groups in total. The topological polar surface area (TPSA) is 116 Å². The van der Waals surface area contributed by atoms with Crippen molar-refractivity contribution in [2.24, 2.45) is 0 Å². The summed E-state index contributed by atoms with van der Waals surface area (Å²) in [6.45, 7) is 8.93. The van der Waals surface area contributed by atoms with Crippen molar-refractivity contribution in [2.45, 2.75) is 20.4 Å². The van der Waals surface area contributed by atoms with Gasteiger partial charge >= 0.3 is 11.9 Å². The van der Waals surface area contributed by atoms with E-state index in [1.165, 1.54) is 12.1 Å². The number of hydrogen-bond acceptors (Lipinski definition) is 9. The van der Waals surface area contributed by atoms with Gasteiger partial charge in [0.2, 0.25) is 0 Å². The molecule has 270 valence electrons. The Labute approximate surface area is 307 Å². The fourth-order valence-electron chi connectivity index (χ4n) is 6.77. The lowest BCUT2D eigenvalue weighted by atomic mass is 10.0. The molecular formula is C42H41FN6O4. The van der Waals surface area contributed by atoms with Crippen LogP contribution in [0.25, 0.3) is 44.7 Å². The van der Waals surface area contributed by atoms with Crippen molar-refractivity contribution in [3.63, 3.8) is 0 Å². The summed E-state index contributed by atoms with van der Waals surface area (Å²) in [6, 6.07) is 27.6. The predicted octanol–water partition coefficient (Wildman–Crippen LogP) is 7.33. The van der Waals surface area contributed by atoms with Crippen LogP contribution in [0.1, 0.15) is 34.6 Å². The summed E-state index contributed by atoms with van der Waals surface area (Å²) in [6.07, 6.45) is 3.60. The average molecular weight is 713 g/mol. The molecule has 0 aliphatic carbocycles. The monoisotopic (exact) mass is 712 g/mol. The van der Waals surface area contributed by atoms with Crippen LogP contribution in [0.5, 0.6) is 0 Å². The lowest BCUT2D eigenvalue weighted by Gasteiger charge is -2.36. The molecule has 3 heterocycles. The van der Waals surface area contributed by atoms with Crippen LogP contribution in [0, 0.1) is 5.82 Å². The minimum absolute atomic E-state index is 0.277. The van der Waals surface area contributed by atoms with Gasteiger partial charge in [0.1, 0.15) is 11.6 Å². The number of aromatic nitrogens is 3. The summed E-state index contributed by atoms with van der Waals surface area (Å²) in [5.74, 6) is -0.222. The molecule has 1 saturated heterocycles. The Morgan fingerprint density at radius 1 is 0.698 bits per heavy atom. The molecule has 1 fully saturated rings. The Balaban J connectivity index is 1.10. The van der Waals surface area contributed by atoms with E-state index in [4.69, 9.17) is 20.2 Å². The SMILES string of the molecule is CCOC(=O)c1ccc(N2CCN(CCn3c(-c4ccc(-c5cncc(-c6ccc(F)cc6)c5)cc4)nc4cc(C(=O)OCC)ccc43)CC2)c(N)c1. The van der Waals surface area contributed by atoms with E-state index in [9.17, 15) is 14.0 Å². The summed E-state index contributed by atoms with van der Waals surface area (Å²) >= 11 is 0. The molecule has 53 heavy (non-hydrogen) atoms. The third-order valence-corrected chi connectivity index (χ3v) is 9.54. The fraction of sp³-hybridized carbons (Fsp3) is 0.238. The van der Waals surface area contributed by atoms with Gasteiger partial charge in [-0.1, -0.05) is 36.4 Å². The second-order valence-electron chi connectivity index (χ2n) is 12.9. The lowest BCUT2D eigenvalue weighted by molar-refractivity contribution is 0.0517. The molecule has 1 aliphatic heterocycles. The summed E-state index contributed by atoms with van der Waals surface area (Å²) in [5.41, 5.74) is 15.1. The molecule has 7 rings (SSSR count). The van der Waals surface area contributed by atoms with E-state index >= 15 is 0 Å². The van der Waals surface area contributed by atoms with Crippen LogP contribution < -0.4 is 10.6 Å². The van der Waals surface area contributed by atoms with E-state index in [-0.39, 0.29) is 17.8 Å². The summed E-state index contributed by atoms with van der Waals surface area (Å²) < 4.78 is 26.1. The van der Waals surface area contributed by atoms with E-state index in [2.05, 4.69) is 43.6 Å². The van der Waals surface area contributed by atoms with E-state index < -0.39 is 0 Å². The molecule has 10 nitrogen and oxygen atoms in total. The first-order valence-electron chi connectivity index (χ1n) is 17.8. The lowest BCUT2D eigenvalue weighted by Crippen LogP contribution is -2.47. The maximum absolute atomic E-state index is 13.5. The van der Waals surface area contributed by atoms with Crippen molar-refractivity contribution >= 4 is 34.3 Å². The van der Waals surface area contributed by atoms with Crippen molar-refractivity contribution in [3.05, 3.63) is 120 Å².